The highest BCUT2D eigenvalue weighted by molar-refractivity contribution is 5.87. The van der Waals surface area contributed by atoms with Crippen molar-refractivity contribution in [2.24, 2.45) is 5.92 Å². The molecule has 1 atom stereocenters. The molecule has 1 aromatic rings. The molecule has 1 aromatic carbocycles. The van der Waals surface area contributed by atoms with E-state index < -0.39 is 11.6 Å². The quantitative estimate of drug-likeness (QED) is 0.444. The second-order valence-electron chi connectivity index (χ2n) is 10.2. The zero-order chi connectivity index (χ0) is 25.4. The average molecular weight is 487 g/mol. The fourth-order valence-electron chi connectivity index (χ4n) is 4.41. The van der Waals surface area contributed by atoms with E-state index in [9.17, 15) is 14.4 Å². The molecule has 0 aromatic heterocycles. The maximum absolute atomic E-state index is 12.9. The summed E-state index contributed by atoms with van der Waals surface area (Å²) in [6.07, 6.45) is 7.09. The molecule has 2 heterocycles. The van der Waals surface area contributed by atoms with Gasteiger partial charge in [0.05, 0.1) is 7.11 Å². The SMILES string of the molecule is COC(=O)COc1ccc(C2CCCN(C(=O)/C=C/C3CCN(C(=O)OC(C)(C)C)CC3)C2)cc1. The number of rotatable bonds is 6. The Bertz CT molecular complexity index is 897. The summed E-state index contributed by atoms with van der Waals surface area (Å²) in [4.78, 5) is 40.0. The van der Waals surface area contributed by atoms with Gasteiger partial charge in [-0.15, -0.1) is 0 Å². The van der Waals surface area contributed by atoms with Crippen LogP contribution in [-0.2, 0) is 19.1 Å². The molecule has 2 aliphatic rings. The number of carbonyl (C=O) groups excluding carboxylic acids is 3. The Hall–Kier alpha value is -3.03. The van der Waals surface area contributed by atoms with Gasteiger partial charge in [-0.1, -0.05) is 18.2 Å². The van der Waals surface area contributed by atoms with Crippen molar-refractivity contribution in [2.45, 2.75) is 58.0 Å². The Morgan fingerprint density at radius 3 is 2.31 bits per heavy atom. The normalized spacial score (nSPS) is 19.5. The van der Waals surface area contributed by atoms with Crippen LogP contribution < -0.4 is 4.74 Å². The van der Waals surface area contributed by atoms with Crippen LogP contribution >= 0.6 is 0 Å². The number of amides is 2. The van der Waals surface area contributed by atoms with Crippen molar-refractivity contribution in [1.29, 1.82) is 0 Å². The monoisotopic (exact) mass is 486 g/mol. The standard InChI is InChI=1S/C27H38N2O6/c1-27(2,3)35-26(32)28-16-13-20(14-17-28)7-12-24(30)29-15-5-6-22(18-29)21-8-10-23(11-9-21)34-19-25(31)33-4/h7-12,20,22H,5-6,13-19H2,1-4H3/b12-7+. The summed E-state index contributed by atoms with van der Waals surface area (Å²) in [7, 11) is 1.33. The number of allylic oxidation sites excluding steroid dienone is 1. The molecule has 2 aliphatic heterocycles. The van der Waals surface area contributed by atoms with Gasteiger partial charge in [-0.2, -0.15) is 0 Å². The van der Waals surface area contributed by atoms with Gasteiger partial charge in [0.2, 0.25) is 5.91 Å². The number of esters is 1. The summed E-state index contributed by atoms with van der Waals surface area (Å²) in [5.74, 6) is 0.798. The van der Waals surface area contributed by atoms with Crippen molar-refractivity contribution in [3.63, 3.8) is 0 Å². The first-order valence-corrected chi connectivity index (χ1v) is 12.4. The molecular formula is C27H38N2O6. The number of hydrogen-bond donors (Lipinski definition) is 0. The molecular weight excluding hydrogens is 448 g/mol. The molecule has 2 saturated heterocycles. The number of hydrogen-bond acceptors (Lipinski definition) is 6. The van der Waals surface area contributed by atoms with Gasteiger partial charge in [0, 0.05) is 32.1 Å². The van der Waals surface area contributed by atoms with E-state index in [-0.39, 0.29) is 30.4 Å². The lowest BCUT2D eigenvalue weighted by Crippen LogP contribution is -2.41. The van der Waals surface area contributed by atoms with Crippen LogP contribution in [0, 0.1) is 5.92 Å². The van der Waals surface area contributed by atoms with Crippen LogP contribution in [-0.4, -0.2) is 73.3 Å². The molecule has 0 N–H and O–H groups in total. The highest BCUT2D eigenvalue weighted by Crippen LogP contribution is 2.29. The van der Waals surface area contributed by atoms with Gasteiger partial charge in [-0.3, -0.25) is 4.79 Å². The number of methoxy groups -OCH3 is 1. The third-order valence-corrected chi connectivity index (χ3v) is 6.37. The fourth-order valence-corrected chi connectivity index (χ4v) is 4.41. The van der Waals surface area contributed by atoms with Gasteiger partial charge in [-0.25, -0.2) is 9.59 Å². The predicted octanol–water partition coefficient (Wildman–Crippen LogP) is 4.15. The number of likely N-dealkylation sites (tertiary alicyclic amines) is 2. The molecule has 35 heavy (non-hydrogen) atoms. The summed E-state index contributed by atoms with van der Waals surface area (Å²) in [5.41, 5.74) is 0.666. The van der Waals surface area contributed by atoms with Crippen LogP contribution in [0.5, 0.6) is 5.75 Å². The van der Waals surface area contributed by atoms with Gasteiger partial charge < -0.3 is 24.0 Å². The highest BCUT2D eigenvalue weighted by Gasteiger charge is 2.27. The van der Waals surface area contributed by atoms with Gasteiger partial charge in [-0.05, 0) is 76.1 Å². The molecule has 192 valence electrons. The Morgan fingerprint density at radius 2 is 1.69 bits per heavy atom. The number of benzene rings is 1. The zero-order valence-electron chi connectivity index (χ0n) is 21.3. The third-order valence-electron chi connectivity index (χ3n) is 6.37. The minimum absolute atomic E-state index is 0.0438. The molecule has 2 amide bonds. The molecule has 8 nitrogen and oxygen atoms in total. The summed E-state index contributed by atoms with van der Waals surface area (Å²) >= 11 is 0. The van der Waals surface area contributed by atoms with Crippen LogP contribution in [0.15, 0.2) is 36.4 Å². The highest BCUT2D eigenvalue weighted by atomic mass is 16.6. The van der Waals surface area contributed by atoms with E-state index in [1.807, 2.05) is 56.0 Å². The van der Waals surface area contributed by atoms with Gasteiger partial charge in [0.15, 0.2) is 6.61 Å². The summed E-state index contributed by atoms with van der Waals surface area (Å²) in [6.45, 7) is 8.22. The predicted molar refractivity (Wildman–Crippen MR) is 132 cm³/mol. The molecule has 0 bridgehead atoms. The molecule has 8 heteroatoms. The first kappa shape index (κ1) is 26.6. The van der Waals surface area contributed by atoms with E-state index in [4.69, 9.17) is 9.47 Å². The Kier molecular flexibility index (Phi) is 9.18. The summed E-state index contributed by atoms with van der Waals surface area (Å²) in [6, 6.07) is 7.70. The smallest absolute Gasteiger partial charge is 0.410 e. The van der Waals surface area contributed by atoms with Gasteiger partial charge in [0.1, 0.15) is 11.4 Å². The van der Waals surface area contributed by atoms with Crippen molar-refractivity contribution in [2.75, 3.05) is 39.9 Å². The number of piperidine rings is 2. The van der Waals surface area contributed by atoms with Crippen LogP contribution in [0.1, 0.15) is 57.9 Å². The van der Waals surface area contributed by atoms with Crippen molar-refractivity contribution in [1.82, 2.24) is 9.80 Å². The second kappa shape index (κ2) is 12.1. The molecule has 0 aliphatic carbocycles. The lowest BCUT2D eigenvalue weighted by molar-refractivity contribution is -0.142. The first-order valence-electron chi connectivity index (χ1n) is 12.4. The lowest BCUT2D eigenvalue weighted by Gasteiger charge is -2.33. The van der Waals surface area contributed by atoms with Crippen LogP contribution in [0.2, 0.25) is 0 Å². The number of nitrogens with zero attached hydrogens (tertiary/aromatic N) is 2. The van der Waals surface area contributed by atoms with E-state index in [1.54, 1.807) is 11.0 Å². The maximum Gasteiger partial charge on any atom is 0.410 e. The molecule has 2 fully saturated rings. The summed E-state index contributed by atoms with van der Waals surface area (Å²) < 4.78 is 15.5. The van der Waals surface area contributed by atoms with Crippen LogP contribution in [0.3, 0.4) is 0 Å². The summed E-state index contributed by atoms with van der Waals surface area (Å²) in [5, 5.41) is 0. The Balaban J connectivity index is 1.46. The van der Waals surface area contributed by atoms with Gasteiger partial charge in [0.25, 0.3) is 0 Å². The van der Waals surface area contributed by atoms with Crippen molar-refractivity contribution in [3.8, 4) is 5.75 Å². The van der Waals surface area contributed by atoms with E-state index >= 15 is 0 Å². The minimum Gasteiger partial charge on any atom is -0.482 e. The zero-order valence-corrected chi connectivity index (χ0v) is 21.3. The van der Waals surface area contributed by atoms with Crippen molar-refractivity contribution < 1.29 is 28.6 Å². The second-order valence-corrected chi connectivity index (χ2v) is 10.2. The number of carbonyl (C=O) groups is 3. The lowest BCUT2D eigenvalue weighted by atomic mass is 9.90. The Morgan fingerprint density at radius 1 is 1.00 bits per heavy atom. The minimum atomic E-state index is -0.493. The van der Waals surface area contributed by atoms with E-state index in [2.05, 4.69) is 4.74 Å². The number of ether oxygens (including phenoxy) is 3. The Labute approximate surface area is 208 Å². The van der Waals surface area contributed by atoms with E-state index in [0.717, 1.165) is 37.8 Å². The fraction of sp³-hybridized carbons (Fsp3) is 0.593. The molecule has 0 radical (unpaired) electrons. The molecule has 0 saturated carbocycles. The molecule has 3 rings (SSSR count). The topological polar surface area (TPSA) is 85.4 Å². The largest absolute Gasteiger partial charge is 0.482 e. The van der Waals surface area contributed by atoms with Crippen LogP contribution in [0.4, 0.5) is 4.79 Å². The molecule has 1 unspecified atom stereocenters. The first-order chi connectivity index (χ1) is 16.6. The molecule has 0 spiro atoms. The maximum atomic E-state index is 12.9. The van der Waals surface area contributed by atoms with Crippen molar-refractivity contribution >= 4 is 18.0 Å². The van der Waals surface area contributed by atoms with Crippen LogP contribution in [0.25, 0.3) is 0 Å². The third kappa shape index (κ3) is 8.30. The van der Waals surface area contributed by atoms with E-state index in [1.165, 1.54) is 7.11 Å². The van der Waals surface area contributed by atoms with Crippen molar-refractivity contribution in [3.05, 3.63) is 42.0 Å². The van der Waals surface area contributed by atoms with Gasteiger partial charge >= 0.3 is 12.1 Å². The average Bonchev–Trinajstić information content (AvgIpc) is 2.85. The van der Waals surface area contributed by atoms with E-state index in [0.29, 0.717) is 25.4 Å².